The molecule has 0 aliphatic heterocycles. The van der Waals surface area contributed by atoms with Crippen molar-refractivity contribution in [3.63, 3.8) is 0 Å². The minimum atomic E-state index is -0.632. The van der Waals surface area contributed by atoms with Gasteiger partial charge in [-0.3, -0.25) is 4.79 Å². The molecular formula is C19H20O6. The van der Waals surface area contributed by atoms with Crippen LogP contribution in [0.5, 0.6) is 17.2 Å². The van der Waals surface area contributed by atoms with Crippen LogP contribution in [0.25, 0.3) is 0 Å². The summed E-state index contributed by atoms with van der Waals surface area (Å²) < 4.78 is 20.8. The summed E-state index contributed by atoms with van der Waals surface area (Å²) in [6, 6.07) is 8.18. The lowest BCUT2D eigenvalue weighted by atomic mass is 9.95. The van der Waals surface area contributed by atoms with E-state index in [2.05, 4.69) is 0 Å². The zero-order valence-electron chi connectivity index (χ0n) is 14.8. The Morgan fingerprint density at radius 2 is 1.36 bits per heavy atom. The Kier molecular flexibility index (Phi) is 5.64. The maximum atomic E-state index is 13.3. The van der Waals surface area contributed by atoms with E-state index in [4.69, 9.17) is 18.9 Å². The summed E-state index contributed by atoms with van der Waals surface area (Å²) in [7, 11) is 5.61. The van der Waals surface area contributed by atoms with E-state index in [1.54, 1.807) is 24.3 Å². The summed E-state index contributed by atoms with van der Waals surface area (Å²) in [5.41, 5.74) is 1.29. The molecule has 0 aliphatic rings. The lowest BCUT2D eigenvalue weighted by Crippen LogP contribution is -2.14. The topological polar surface area (TPSA) is 71.1 Å². The number of methoxy groups -OCH3 is 4. The quantitative estimate of drug-likeness (QED) is 0.592. The summed E-state index contributed by atoms with van der Waals surface area (Å²) in [5.74, 6) is -0.122. The number of hydrogen-bond donors (Lipinski definition) is 0. The van der Waals surface area contributed by atoms with Crippen LogP contribution in [0.1, 0.15) is 31.8 Å². The molecular weight excluding hydrogens is 324 g/mol. The van der Waals surface area contributed by atoms with Crippen LogP contribution >= 0.6 is 0 Å². The van der Waals surface area contributed by atoms with E-state index in [0.717, 1.165) is 5.56 Å². The predicted molar refractivity (Wildman–Crippen MR) is 92.0 cm³/mol. The van der Waals surface area contributed by atoms with Crippen LogP contribution in [0.2, 0.25) is 0 Å². The molecule has 0 N–H and O–H groups in total. The van der Waals surface area contributed by atoms with E-state index in [1.165, 1.54) is 34.5 Å². The molecule has 0 bridgehead atoms. The monoisotopic (exact) mass is 344 g/mol. The average Bonchev–Trinajstić information content (AvgIpc) is 2.65. The van der Waals surface area contributed by atoms with Crippen LogP contribution in [0, 0.1) is 6.92 Å². The Balaban J connectivity index is 2.76. The molecule has 2 aromatic carbocycles. The van der Waals surface area contributed by atoms with E-state index in [0.29, 0.717) is 11.5 Å². The fourth-order valence-corrected chi connectivity index (χ4v) is 2.61. The SMILES string of the molecule is COC(=O)c1cccc(OC)c1C(=O)c1c(OC)cc(C)cc1OC. The summed E-state index contributed by atoms with van der Waals surface area (Å²) in [4.78, 5) is 25.4. The average molecular weight is 344 g/mol. The molecule has 132 valence electrons. The molecule has 6 nitrogen and oxygen atoms in total. The molecule has 6 heteroatoms. The highest BCUT2D eigenvalue weighted by Gasteiger charge is 2.28. The molecule has 0 radical (unpaired) electrons. The zero-order chi connectivity index (χ0) is 18.6. The predicted octanol–water partition coefficient (Wildman–Crippen LogP) is 3.04. The molecule has 25 heavy (non-hydrogen) atoms. The number of hydrogen-bond acceptors (Lipinski definition) is 6. The van der Waals surface area contributed by atoms with Crippen LogP contribution in [0.3, 0.4) is 0 Å². The number of rotatable bonds is 6. The smallest absolute Gasteiger partial charge is 0.338 e. The first-order valence-electron chi connectivity index (χ1n) is 7.51. The summed E-state index contributed by atoms with van der Waals surface area (Å²) in [5, 5.41) is 0. The van der Waals surface area contributed by atoms with Gasteiger partial charge in [0.25, 0.3) is 0 Å². The third kappa shape index (κ3) is 3.42. The van der Waals surface area contributed by atoms with Crippen LogP contribution < -0.4 is 14.2 Å². The molecule has 0 aliphatic carbocycles. The molecule has 0 fully saturated rings. The number of ketones is 1. The van der Waals surface area contributed by atoms with Crippen molar-refractivity contribution in [2.45, 2.75) is 6.92 Å². The van der Waals surface area contributed by atoms with Gasteiger partial charge in [0.1, 0.15) is 22.8 Å². The van der Waals surface area contributed by atoms with E-state index in [1.807, 2.05) is 6.92 Å². The van der Waals surface area contributed by atoms with Crippen molar-refractivity contribution >= 4 is 11.8 Å². The van der Waals surface area contributed by atoms with E-state index in [-0.39, 0.29) is 22.4 Å². The molecule has 0 amide bonds. The van der Waals surface area contributed by atoms with Gasteiger partial charge in [0, 0.05) is 0 Å². The second-order valence-electron chi connectivity index (χ2n) is 5.25. The van der Waals surface area contributed by atoms with Crippen molar-refractivity contribution in [3.8, 4) is 17.2 Å². The van der Waals surface area contributed by atoms with E-state index in [9.17, 15) is 9.59 Å². The lowest BCUT2D eigenvalue weighted by molar-refractivity contribution is 0.0597. The number of esters is 1. The molecule has 2 aromatic rings. The van der Waals surface area contributed by atoms with Crippen LogP contribution in [-0.4, -0.2) is 40.2 Å². The van der Waals surface area contributed by atoms with Gasteiger partial charge in [0.15, 0.2) is 0 Å². The highest BCUT2D eigenvalue weighted by atomic mass is 16.5. The Morgan fingerprint density at radius 3 is 1.84 bits per heavy atom. The van der Waals surface area contributed by atoms with Gasteiger partial charge in [0.05, 0.1) is 39.6 Å². The highest BCUT2D eigenvalue weighted by molar-refractivity contribution is 6.18. The Hall–Kier alpha value is -3.02. The minimum Gasteiger partial charge on any atom is -0.496 e. The summed E-state index contributed by atoms with van der Waals surface area (Å²) >= 11 is 0. The second kappa shape index (κ2) is 7.70. The van der Waals surface area contributed by atoms with Gasteiger partial charge in [-0.2, -0.15) is 0 Å². The summed E-state index contributed by atoms with van der Waals surface area (Å²) in [6.07, 6.45) is 0. The first kappa shape index (κ1) is 18.3. The van der Waals surface area contributed by atoms with Gasteiger partial charge in [-0.1, -0.05) is 6.07 Å². The normalized spacial score (nSPS) is 10.1. The first-order valence-corrected chi connectivity index (χ1v) is 7.51. The van der Waals surface area contributed by atoms with Gasteiger partial charge in [0.2, 0.25) is 5.78 Å². The molecule has 0 saturated heterocycles. The van der Waals surface area contributed by atoms with Crippen LogP contribution in [-0.2, 0) is 4.74 Å². The Labute approximate surface area is 146 Å². The highest BCUT2D eigenvalue weighted by Crippen LogP contribution is 2.35. The fourth-order valence-electron chi connectivity index (χ4n) is 2.61. The molecule has 2 rings (SSSR count). The minimum absolute atomic E-state index is 0.0947. The summed E-state index contributed by atoms with van der Waals surface area (Å²) in [6.45, 7) is 1.86. The number of aryl methyl sites for hydroxylation is 1. The molecule has 0 spiro atoms. The van der Waals surface area contributed by atoms with Crippen molar-refractivity contribution in [1.29, 1.82) is 0 Å². The maximum Gasteiger partial charge on any atom is 0.338 e. The van der Waals surface area contributed by atoms with Gasteiger partial charge in [-0.15, -0.1) is 0 Å². The standard InChI is InChI=1S/C19H20O6/c1-11-9-14(23-3)17(15(10-11)24-4)18(20)16-12(19(21)25-5)7-6-8-13(16)22-2/h6-10H,1-5H3. The van der Waals surface area contributed by atoms with Crippen molar-refractivity contribution < 1.29 is 28.5 Å². The van der Waals surface area contributed by atoms with Crippen molar-refractivity contribution in [2.24, 2.45) is 0 Å². The number of benzene rings is 2. The second-order valence-corrected chi connectivity index (χ2v) is 5.25. The lowest BCUT2D eigenvalue weighted by Gasteiger charge is -2.16. The zero-order valence-corrected chi connectivity index (χ0v) is 14.8. The molecule has 0 atom stereocenters. The number of carbonyl (C=O) groups is 2. The van der Waals surface area contributed by atoms with Crippen molar-refractivity contribution in [1.82, 2.24) is 0 Å². The first-order chi connectivity index (χ1) is 12.0. The largest absolute Gasteiger partial charge is 0.496 e. The van der Waals surface area contributed by atoms with Crippen molar-refractivity contribution in [3.05, 3.63) is 52.6 Å². The molecule has 0 saturated carbocycles. The van der Waals surface area contributed by atoms with Gasteiger partial charge in [-0.25, -0.2) is 4.79 Å². The van der Waals surface area contributed by atoms with E-state index < -0.39 is 11.8 Å². The van der Waals surface area contributed by atoms with Crippen LogP contribution in [0.4, 0.5) is 0 Å². The Bertz CT molecular complexity index is 785. The van der Waals surface area contributed by atoms with Gasteiger partial charge in [-0.05, 0) is 36.8 Å². The molecule has 0 heterocycles. The van der Waals surface area contributed by atoms with E-state index >= 15 is 0 Å². The third-order valence-corrected chi connectivity index (χ3v) is 3.76. The van der Waals surface area contributed by atoms with Gasteiger partial charge >= 0.3 is 5.97 Å². The fraction of sp³-hybridized carbons (Fsp3) is 0.263. The molecule has 0 unspecified atom stereocenters. The number of ether oxygens (including phenoxy) is 4. The molecule has 0 aromatic heterocycles. The van der Waals surface area contributed by atoms with Gasteiger partial charge < -0.3 is 18.9 Å². The third-order valence-electron chi connectivity index (χ3n) is 3.76. The van der Waals surface area contributed by atoms with Crippen molar-refractivity contribution in [2.75, 3.05) is 28.4 Å². The maximum absolute atomic E-state index is 13.3. The Morgan fingerprint density at radius 1 is 0.800 bits per heavy atom. The number of carbonyl (C=O) groups excluding carboxylic acids is 2. The van der Waals surface area contributed by atoms with Crippen LogP contribution in [0.15, 0.2) is 30.3 Å².